The third-order valence-electron chi connectivity index (χ3n) is 3.85. The monoisotopic (exact) mass is 304 g/mol. The van der Waals surface area contributed by atoms with E-state index in [-0.39, 0.29) is 11.6 Å². The second-order valence-electron chi connectivity index (χ2n) is 5.30. The maximum absolute atomic E-state index is 14.3. The first-order chi connectivity index (χ1) is 9.95. The molecule has 1 aliphatic rings. The lowest BCUT2D eigenvalue weighted by atomic mass is 9.97. The highest BCUT2D eigenvalue weighted by Gasteiger charge is 2.36. The molecular formula is C15H20F4N2. The number of nitrogens with zero attached hydrogens (tertiary/aromatic N) is 1. The van der Waals surface area contributed by atoms with E-state index in [4.69, 9.17) is 0 Å². The molecule has 0 saturated carbocycles. The van der Waals surface area contributed by atoms with Crippen LogP contribution in [0.5, 0.6) is 0 Å². The van der Waals surface area contributed by atoms with E-state index in [1.807, 2.05) is 6.92 Å². The van der Waals surface area contributed by atoms with E-state index in [0.717, 1.165) is 38.7 Å². The Labute approximate surface area is 122 Å². The van der Waals surface area contributed by atoms with Gasteiger partial charge in [-0.15, -0.1) is 0 Å². The largest absolute Gasteiger partial charge is 0.419 e. The predicted octanol–water partition coefficient (Wildman–Crippen LogP) is 3.59. The molecule has 1 atom stereocenters. The summed E-state index contributed by atoms with van der Waals surface area (Å²) in [4.78, 5) is 2.07. The number of alkyl halides is 3. The van der Waals surface area contributed by atoms with Gasteiger partial charge < -0.3 is 5.32 Å². The Balaban J connectivity index is 2.36. The minimum absolute atomic E-state index is 0.161. The minimum Gasteiger partial charge on any atom is -0.314 e. The number of hydrogen-bond donors (Lipinski definition) is 1. The van der Waals surface area contributed by atoms with Crippen molar-refractivity contribution in [1.29, 1.82) is 0 Å². The van der Waals surface area contributed by atoms with Crippen LogP contribution in [-0.2, 0) is 6.18 Å². The quantitative estimate of drug-likeness (QED) is 0.855. The first kappa shape index (κ1) is 16.2. The number of nitrogens with one attached hydrogen (secondary N) is 1. The lowest BCUT2D eigenvalue weighted by Gasteiger charge is -2.35. The summed E-state index contributed by atoms with van der Waals surface area (Å²) in [5.74, 6) is -1.12. The SMILES string of the molecule is CCC[C@H](c1cccc(C(F)(F)F)c1F)N1CCNCC1. The summed E-state index contributed by atoms with van der Waals surface area (Å²) in [5, 5.41) is 3.20. The molecule has 1 saturated heterocycles. The zero-order chi connectivity index (χ0) is 15.5. The van der Waals surface area contributed by atoms with Crippen LogP contribution in [0.3, 0.4) is 0 Å². The normalized spacial score (nSPS) is 18.7. The molecule has 0 aliphatic carbocycles. The molecule has 21 heavy (non-hydrogen) atoms. The molecule has 0 aromatic heterocycles. The van der Waals surface area contributed by atoms with E-state index in [1.54, 1.807) is 0 Å². The maximum Gasteiger partial charge on any atom is 0.419 e. The Bertz CT molecular complexity index is 467. The fourth-order valence-electron chi connectivity index (χ4n) is 2.83. The number of benzene rings is 1. The smallest absolute Gasteiger partial charge is 0.314 e. The molecule has 1 fully saturated rings. The van der Waals surface area contributed by atoms with Crippen LogP contribution in [0.1, 0.15) is 36.9 Å². The fraction of sp³-hybridized carbons (Fsp3) is 0.600. The van der Waals surface area contributed by atoms with Crippen molar-refractivity contribution in [3.63, 3.8) is 0 Å². The van der Waals surface area contributed by atoms with E-state index >= 15 is 0 Å². The Morgan fingerprint density at radius 1 is 1.24 bits per heavy atom. The Morgan fingerprint density at radius 2 is 1.90 bits per heavy atom. The first-order valence-electron chi connectivity index (χ1n) is 7.25. The standard InChI is InChI=1S/C15H20F4N2/c1-2-4-13(21-9-7-20-8-10-21)11-5-3-6-12(14(11)16)15(17,18)19/h3,5-6,13,20H,2,4,7-10H2,1H3/t13-/m1/s1. The second kappa shape index (κ2) is 6.75. The van der Waals surface area contributed by atoms with Crippen molar-refractivity contribution >= 4 is 0 Å². The van der Waals surface area contributed by atoms with Gasteiger partial charge in [0.05, 0.1) is 5.56 Å². The van der Waals surface area contributed by atoms with Crippen LogP contribution in [0.15, 0.2) is 18.2 Å². The summed E-state index contributed by atoms with van der Waals surface area (Å²) < 4.78 is 52.9. The third kappa shape index (κ3) is 3.74. The summed E-state index contributed by atoms with van der Waals surface area (Å²) in [5.41, 5.74) is -1.01. The topological polar surface area (TPSA) is 15.3 Å². The molecule has 1 aromatic rings. The average Bonchev–Trinajstić information content (AvgIpc) is 2.45. The summed E-state index contributed by atoms with van der Waals surface area (Å²) >= 11 is 0. The van der Waals surface area contributed by atoms with E-state index in [0.29, 0.717) is 6.42 Å². The van der Waals surface area contributed by atoms with Gasteiger partial charge in [0.25, 0.3) is 0 Å². The highest BCUT2D eigenvalue weighted by atomic mass is 19.4. The lowest BCUT2D eigenvalue weighted by molar-refractivity contribution is -0.140. The van der Waals surface area contributed by atoms with E-state index < -0.39 is 17.6 Å². The van der Waals surface area contributed by atoms with E-state index in [2.05, 4.69) is 10.2 Å². The van der Waals surface area contributed by atoms with Gasteiger partial charge in [-0.1, -0.05) is 25.5 Å². The van der Waals surface area contributed by atoms with Crippen molar-refractivity contribution in [3.8, 4) is 0 Å². The second-order valence-corrected chi connectivity index (χ2v) is 5.30. The summed E-state index contributed by atoms with van der Waals surface area (Å²) in [6, 6.07) is 3.29. The summed E-state index contributed by atoms with van der Waals surface area (Å²) in [7, 11) is 0. The van der Waals surface area contributed by atoms with Gasteiger partial charge in [0.15, 0.2) is 0 Å². The van der Waals surface area contributed by atoms with Crippen LogP contribution in [0.2, 0.25) is 0 Å². The van der Waals surface area contributed by atoms with Gasteiger partial charge in [-0.3, -0.25) is 4.90 Å². The van der Waals surface area contributed by atoms with Crippen molar-refractivity contribution in [2.75, 3.05) is 26.2 Å². The first-order valence-corrected chi connectivity index (χ1v) is 7.25. The number of halogens is 4. The molecule has 0 unspecified atom stereocenters. The number of rotatable bonds is 4. The van der Waals surface area contributed by atoms with Crippen LogP contribution in [0.4, 0.5) is 17.6 Å². The van der Waals surface area contributed by atoms with Gasteiger partial charge in [-0.05, 0) is 12.5 Å². The molecule has 0 spiro atoms. The Morgan fingerprint density at radius 3 is 2.48 bits per heavy atom. The van der Waals surface area contributed by atoms with Crippen molar-refractivity contribution < 1.29 is 17.6 Å². The van der Waals surface area contributed by atoms with E-state index in [9.17, 15) is 17.6 Å². The van der Waals surface area contributed by atoms with Crippen molar-refractivity contribution in [1.82, 2.24) is 10.2 Å². The number of hydrogen-bond acceptors (Lipinski definition) is 2. The maximum atomic E-state index is 14.3. The zero-order valence-electron chi connectivity index (χ0n) is 12.0. The van der Waals surface area contributed by atoms with Crippen molar-refractivity contribution in [3.05, 3.63) is 35.1 Å². The van der Waals surface area contributed by atoms with Gasteiger partial charge in [-0.25, -0.2) is 4.39 Å². The molecule has 118 valence electrons. The van der Waals surface area contributed by atoms with Crippen LogP contribution in [0.25, 0.3) is 0 Å². The van der Waals surface area contributed by atoms with Gasteiger partial charge in [-0.2, -0.15) is 13.2 Å². The molecule has 6 heteroatoms. The van der Waals surface area contributed by atoms with Crippen LogP contribution in [-0.4, -0.2) is 31.1 Å². The van der Waals surface area contributed by atoms with E-state index in [1.165, 1.54) is 12.1 Å². The predicted molar refractivity (Wildman–Crippen MR) is 73.5 cm³/mol. The van der Waals surface area contributed by atoms with Crippen LogP contribution >= 0.6 is 0 Å². The van der Waals surface area contributed by atoms with Gasteiger partial charge in [0.1, 0.15) is 5.82 Å². The minimum atomic E-state index is -4.65. The molecule has 0 amide bonds. The molecule has 1 aliphatic heterocycles. The molecule has 0 bridgehead atoms. The number of piperazine rings is 1. The molecule has 2 nitrogen and oxygen atoms in total. The Hall–Kier alpha value is -1.14. The van der Waals surface area contributed by atoms with Crippen LogP contribution < -0.4 is 5.32 Å². The molecule has 2 rings (SSSR count). The highest BCUT2D eigenvalue weighted by molar-refractivity contribution is 5.30. The van der Waals surface area contributed by atoms with Crippen molar-refractivity contribution in [2.45, 2.75) is 32.0 Å². The Kier molecular flexibility index (Phi) is 5.22. The molecular weight excluding hydrogens is 284 g/mol. The summed E-state index contributed by atoms with van der Waals surface area (Å²) in [6.07, 6.45) is -3.21. The van der Waals surface area contributed by atoms with Crippen LogP contribution in [0, 0.1) is 5.82 Å². The highest BCUT2D eigenvalue weighted by Crippen LogP contribution is 2.36. The van der Waals surface area contributed by atoms with Crippen molar-refractivity contribution in [2.24, 2.45) is 0 Å². The lowest BCUT2D eigenvalue weighted by Crippen LogP contribution is -2.45. The fourth-order valence-corrected chi connectivity index (χ4v) is 2.83. The van der Waals surface area contributed by atoms with Gasteiger partial charge >= 0.3 is 6.18 Å². The summed E-state index contributed by atoms with van der Waals surface area (Å²) in [6.45, 7) is 4.96. The molecule has 0 radical (unpaired) electrons. The zero-order valence-corrected chi connectivity index (χ0v) is 12.0. The molecule has 1 heterocycles. The molecule has 1 aromatic carbocycles. The third-order valence-corrected chi connectivity index (χ3v) is 3.85. The average molecular weight is 304 g/mol. The van der Waals surface area contributed by atoms with Gasteiger partial charge in [0.2, 0.25) is 0 Å². The molecule has 1 N–H and O–H groups in total. The van der Waals surface area contributed by atoms with Gasteiger partial charge in [0, 0.05) is 37.8 Å².